The van der Waals surface area contributed by atoms with Gasteiger partial charge in [-0.2, -0.15) is 0 Å². The Hall–Kier alpha value is -1.35. The van der Waals surface area contributed by atoms with Crippen LogP contribution in [0.25, 0.3) is 11.3 Å². The molecule has 0 aliphatic rings. The highest BCUT2D eigenvalue weighted by atomic mass is 32.1. The number of nitrogens with two attached hydrogens (primary N) is 1. The molecule has 2 rings (SSSR count). The molecule has 1 aromatic carbocycles. The number of thiazole rings is 1. The second-order valence-corrected chi connectivity index (χ2v) is 3.32. The summed E-state index contributed by atoms with van der Waals surface area (Å²) in [6, 6.07) is 9.95. The third-order valence-corrected chi connectivity index (χ3v) is 2.30. The molecule has 0 aliphatic heterocycles. The monoisotopic (exact) mass is 176 g/mol. The summed E-state index contributed by atoms with van der Waals surface area (Å²) in [6.45, 7) is 0. The Labute approximate surface area is 74.7 Å². The van der Waals surface area contributed by atoms with E-state index in [1.165, 1.54) is 11.3 Å². The summed E-state index contributed by atoms with van der Waals surface area (Å²) in [5.74, 6) is 0. The van der Waals surface area contributed by atoms with Crippen molar-refractivity contribution in [2.24, 2.45) is 0 Å². The number of hydrogen-bond donors (Lipinski definition) is 1. The summed E-state index contributed by atoms with van der Waals surface area (Å²) in [6.07, 6.45) is 0. The van der Waals surface area contributed by atoms with Crippen molar-refractivity contribution in [3.8, 4) is 11.3 Å². The van der Waals surface area contributed by atoms with Gasteiger partial charge in [0.05, 0.1) is 5.51 Å². The van der Waals surface area contributed by atoms with Crippen LogP contribution in [0.2, 0.25) is 0 Å². The van der Waals surface area contributed by atoms with Gasteiger partial charge in [0.15, 0.2) is 0 Å². The molecule has 0 bridgehead atoms. The van der Waals surface area contributed by atoms with Crippen LogP contribution in [0.1, 0.15) is 0 Å². The van der Waals surface area contributed by atoms with Crippen molar-refractivity contribution < 1.29 is 0 Å². The molecule has 1 aromatic heterocycles. The van der Waals surface area contributed by atoms with E-state index in [4.69, 9.17) is 5.73 Å². The lowest BCUT2D eigenvalue weighted by Gasteiger charge is -1.95. The molecule has 12 heavy (non-hydrogen) atoms. The molecule has 1 heterocycles. The zero-order valence-corrected chi connectivity index (χ0v) is 7.21. The first kappa shape index (κ1) is 7.31. The van der Waals surface area contributed by atoms with Crippen LogP contribution in [0, 0.1) is 0 Å². The van der Waals surface area contributed by atoms with Crippen molar-refractivity contribution in [3.05, 3.63) is 35.8 Å². The predicted molar refractivity (Wildman–Crippen MR) is 52.0 cm³/mol. The molecule has 2 nitrogen and oxygen atoms in total. The Balaban J connectivity index is 2.51. The minimum Gasteiger partial charge on any atom is -0.389 e. The van der Waals surface area contributed by atoms with Crippen molar-refractivity contribution in [1.29, 1.82) is 0 Å². The van der Waals surface area contributed by atoms with Gasteiger partial charge in [-0.15, -0.1) is 11.3 Å². The smallest absolute Gasteiger partial charge is 0.114 e. The molecule has 0 atom stereocenters. The lowest BCUT2D eigenvalue weighted by Crippen LogP contribution is -1.84. The molecule has 3 heteroatoms. The van der Waals surface area contributed by atoms with E-state index in [2.05, 4.69) is 4.98 Å². The van der Waals surface area contributed by atoms with Gasteiger partial charge < -0.3 is 5.73 Å². The number of benzene rings is 1. The molecule has 2 aromatic rings. The van der Waals surface area contributed by atoms with Gasteiger partial charge in [-0.25, -0.2) is 4.98 Å². The predicted octanol–water partition coefficient (Wildman–Crippen LogP) is 2.39. The number of nitrogens with zero attached hydrogens (tertiary/aromatic N) is 1. The standard InChI is InChI=1S/C9H8N2S/c10-9-8(11-6-12-9)7-4-2-1-3-5-7/h1-6H,10H2. The number of nitrogen functional groups attached to an aromatic ring is 1. The largest absolute Gasteiger partial charge is 0.389 e. The molecule has 0 aliphatic carbocycles. The van der Waals surface area contributed by atoms with Crippen molar-refractivity contribution >= 4 is 16.3 Å². The van der Waals surface area contributed by atoms with Gasteiger partial charge >= 0.3 is 0 Å². The summed E-state index contributed by atoms with van der Waals surface area (Å²) < 4.78 is 0. The summed E-state index contributed by atoms with van der Waals surface area (Å²) >= 11 is 1.47. The van der Waals surface area contributed by atoms with Crippen molar-refractivity contribution in [1.82, 2.24) is 4.98 Å². The third-order valence-electron chi connectivity index (χ3n) is 1.64. The van der Waals surface area contributed by atoms with Gasteiger partial charge in [0.1, 0.15) is 10.7 Å². The van der Waals surface area contributed by atoms with E-state index in [1.807, 2.05) is 30.3 Å². The maximum atomic E-state index is 5.73. The number of rotatable bonds is 1. The van der Waals surface area contributed by atoms with Gasteiger partial charge in [0.2, 0.25) is 0 Å². The van der Waals surface area contributed by atoms with Crippen molar-refractivity contribution in [2.45, 2.75) is 0 Å². The zero-order valence-electron chi connectivity index (χ0n) is 6.40. The number of anilines is 1. The first-order valence-electron chi connectivity index (χ1n) is 3.62. The van der Waals surface area contributed by atoms with E-state index in [0.717, 1.165) is 16.3 Å². The maximum absolute atomic E-state index is 5.73. The fraction of sp³-hybridized carbons (Fsp3) is 0. The van der Waals surface area contributed by atoms with Gasteiger partial charge in [-0.1, -0.05) is 30.3 Å². The number of hydrogen-bond acceptors (Lipinski definition) is 3. The molecule has 0 spiro atoms. The second-order valence-electron chi connectivity index (χ2n) is 2.43. The van der Waals surface area contributed by atoms with Crippen LogP contribution in [0.4, 0.5) is 5.00 Å². The van der Waals surface area contributed by atoms with E-state index in [1.54, 1.807) is 5.51 Å². The lowest BCUT2D eigenvalue weighted by atomic mass is 10.2. The highest BCUT2D eigenvalue weighted by molar-refractivity contribution is 7.14. The zero-order chi connectivity index (χ0) is 8.39. The highest BCUT2D eigenvalue weighted by Gasteiger charge is 2.03. The number of aromatic nitrogens is 1. The fourth-order valence-electron chi connectivity index (χ4n) is 1.07. The first-order valence-corrected chi connectivity index (χ1v) is 4.50. The summed E-state index contributed by atoms with van der Waals surface area (Å²) in [4.78, 5) is 4.18. The SMILES string of the molecule is Nc1scnc1-c1ccccc1. The Kier molecular flexibility index (Phi) is 1.80. The van der Waals surface area contributed by atoms with Crippen LogP contribution in [0.5, 0.6) is 0 Å². The molecular formula is C9H8N2S. The van der Waals surface area contributed by atoms with Crippen molar-refractivity contribution in [2.75, 3.05) is 5.73 Å². The molecule has 60 valence electrons. The fourth-order valence-corrected chi connectivity index (χ4v) is 1.62. The van der Waals surface area contributed by atoms with Gasteiger partial charge in [0.25, 0.3) is 0 Å². The molecule has 0 unspecified atom stereocenters. The molecular weight excluding hydrogens is 168 g/mol. The first-order chi connectivity index (χ1) is 5.88. The van der Waals surface area contributed by atoms with Crippen LogP contribution in [-0.4, -0.2) is 4.98 Å². The van der Waals surface area contributed by atoms with Crippen LogP contribution in [0.15, 0.2) is 35.8 Å². The minimum absolute atomic E-state index is 0.779. The minimum atomic E-state index is 0.779. The van der Waals surface area contributed by atoms with Crippen molar-refractivity contribution in [3.63, 3.8) is 0 Å². The van der Waals surface area contributed by atoms with E-state index >= 15 is 0 Å². The van der Waals surface area contributed by atoms with Gasteiger partial charge in [-0.3, -0.25) is 0 Å². The average Bonchev–Trinajstić information content (AvgIpc) is 2.53. The summed E-state index contributed by atoms with van der Waals surface area (Å²) in [5.41, 5.74) is 9.46. The Morgan fingerprint density at radius 3 is 2.50 bits per heavy atom. The Bertz CT molecular complexity index is 367. The quantitative estimate of drug-likeness (QED) is 0.724. The normalized spacial score (nSPS) is 10.0. The Morgan fingerprint density at radius 2 is 1.92 bits per heavy atom. The molecule has 0 amide bonds. The second kappa shape index (κ2) is 2.95. The van der Waals surface area contributed by atoms with Crippen LogP contribution in [-0.2, 0) is 0 Å². The van der Waals surface area contributed by atoms with Gasteiger partial charge in [-0.05, 0) is 0 Å². The van der Waals surface area contributed by atoms with Crippen LogP contribution in [0.3, 0.4) is 0 Å². The topological polar surface area (TPSA) is 38.9 Å². The lowest BCUT2D eigenvalue weighted by molar-refractivity contribution is 1.41. The highest BCUT2D eigenvalue weighted by Crippen LogP contribution is 2.26. The van der Waals surface area contributed by atoms with Crippen LogP contribution >= 0.6 is 11.3 Å². The van der Waals surface area contributed by atoms with E-state index in [0.29, 0.717) is 0 Å². The molecule has 0 fully saturated rings. The third kappa shape index (κ3) is 1.19. The summed E-state index contributed by atoms with van der Waals surface area (Å²) in [7, 11) is 0. The molecule has 0 radical (unpaired) electrons. The molecule has 0 saturated carbocycles. The van der Waals surface area contributed by atoms with E-state index in [-0.39, 0.29) is 0 Å². The summed E-state index contributed by atoms with van der Waals surface area (Å²) in [5, 5.41) is 0.779. The molecule has 2 N–H and O–H groups in total. The average molecular weight is 176 g/mol. The maximum Gasteiger partial charge on any atom is 0.114 e. The molecule has 0 saturated heterocycles. The van der Waals surface area contributed by atoms with E-state index in [9.17, 15) is 0 Å². The van der Waals surface area contributed by atoms with Gasteiger partial charge in [0, 0.05) is 5.56 Å². The van der Waals surface area contributed by atoms with E-state index < -0.39 is 0 Å². The van der Waals surface area contributed by atoms with Crippen LogP contribution < -0.4 is 5.73 Å². The Morgan fingerprint density at radius 1 is 1.17 bits per heavy atom.